The lowest BCUT2D eigenvalue weighted by Gasteiger charge is -2.10. The molecule has 0 saturated heterocycles. The van der Waals surface area contributed by atoms with Gasteiger partial charge in [-0.1, -0.05) is 0 Å². The predicted octanol–water partition coefficient (Wildman–Crippen LogP) is 2.29. The molecule has 0 spiro atoms. The van der Waals surface area contributed by atoms with Crippen molar-refractivity contribution in [2.75, 3.05) is 20.8 Å². The molecule has 9 heteroatoms. The van der Waals surface area contributed by atoms with E-state index in [0.29, 0.717) is 28.4 Å². The Kier molecular flexibility index (Phi) is 6.44. The fourth-order valence-corrected chi connectivity index (χ4v) is 2.84. The van der Waals surface area contributed by atoms with Crippen molar-refractivity contribution in [1.82, 2.24) is 5.32 Å². The number of rotatable bonds is 8. The molecule has 3 rings (SSSR count). The van der Waals surface area contributed by atoms with E-state index in [4.69, 9.17) is 24.1 Å². The third kappa shape index (κ3) is 4.95. The number of nitrogens with one attached hydrogen (secondary N) is 1. The number of fused-ring (bicyclic) bond motifs is 1. The Bertz CT molecular complexity index is 1060. The van der Waals surface area contributed by atoms with Gasteiger partial charge in [0.1, 0.15) is 29.0 Å². The van der Waals surface area contributed by atoms with Gasteiger partial charge < -0.3 is 29.4 Å². The van der Waals surface area contributed by atoms with E-state index in [1.165, 1.54) is 39.3 Å². The Morgan fingerprint density at radius 1 is 1.13 bits per heavy atom. The summed E-state index contributed by atoms with van der Waals surface area (Å²) in [6, 6.07) is 8.71. The number of ether oxygens (including phenoxy) is 4. The number of ketones is 1. The SMILES string of the molecule is COc1ccc(OC)c(C=C2Oc3cc(OCC(=O)N[C@H](C)C(=O)O)ccc3C2=O)c1. The molecule has 1 heterocycles. The van der Waals surface area contributed by atoms with Crippen LogP contribution in [0.25, 0.3) is 6.08 Å². The summed E-state index contributed by atoms with van der Waals surface area (Å²) in [6.07, 6.45) is 1.56. The first-order valence-electron chi connectivity index (χ1n) is 9.27. The van der Waals surface area contributed by atoms with Gasteiger partial charge >= 0.3 is 5.97 Å². The molecule has 162 valence electrons. The molecule has 0 unspecified atom stereocenters. The topological polar surface area (TPSA) is 120 Å². The average molecular weight is 427 g/mol. The van der Waals surface area contributed by atoms with Gasteiger partial charge in [0, 0.05) is 11.6 Å². The molecule has 1 atom stereocenters. The Balaban J connectivity index is 1.74. The van der Waals surface area contributed by atoms with E-state index in [-0.39, 0.29) is 23.9 Å². The van der Waals surface area contributed by atoms with Crippen LogP contribution in [-0.2, 0) is 9.59 Å². The second kappa shape index (κ2) is 9.21. The van der Waals surface area contributed by atoms with Crippen LogP contribution in [0.3, 0.4) is 0 Å². The number of amides is 1. The van der Waals surface area contributed by atoms with E-state index in [2.05, 4.69) is 5.32 Å². The van der Waals surface area contributed by atoms with Crippen molar-refractivity contribution in [3.05, 3.63) is 53.3 Å². The molecule has 1 aliphatic rings. The lowest BCUT2D eigenvalue weighted by molar-refractivity contribution is -0.141. The summed E-state index contributed by atoms with van der Waals surface area (Å²) in [7, 11) is 3.06. The fraction of sp³-hybridized carbons (Fsp3) is 0.227. The van der Waals surface area contributed by atoms with Gasteiger partial charge in [0.2, 0.25) is 5.78 Å². The van der Waals surface area contributed by atoms with Gasteiger partial charge in [-0.3, -0.25) is 14.4 Å². The van der Waals surface area contributed by atoms with Gasteiger partial charge in [-0.15, -0.1) is 0 Å². The molecular weight excluding hydrogens is 406 g/mol. The number of carbonyl (C=O) groups excluding carboxylic acids is 2. The summed E-state index contributed by atoms with van der Waals surface area (Å²) in [5, 5.41) is 11.1. The summed E-state index contributed by atoms with van der Waals surface area (Å²) in [4.78, 5) is 35.2. The van der Waals surface area contributed by atoms with Crippen molar-refractivity contribution in [2.45, 2.75) is 13.0 Å². The van der Waals surface area contributed by atoms with Crippen molar-refractivity contribution >= 4 is 23.7 Å². The standard InChI is InChI=1S/C22H21NO8/c1-12(22(26)27)23-20(24)11-30-15-4-6-16-18(10-15)31-19(21(16)25)9-13-8-14(28-2)5-7-17(13)29-3/h4-10,12H,11H2,1-3H3,(H,23,24)(H,26,27)/t12-/m1/s1. The Hall–Kier alpha value is -4.01. The highest BCUT2D eigenvalue weighted by atomic mass is 16.5. The second-order valence-corrected chi connectivity index (χ2v) is 6.62. The normalized spacial score (nSPS) is 14.4. The smallest absolute Gasteiger partial charge is 0.325 e. The Labute approximate surface area is 178 Å². The predicted molar refractivity (Wildman–Crippen MR) is 110 cm³/mol. The highest BCUT2D eigenvalue weighted by Gasteiger charge is 2.28. The van der Waals surface area contributed by atoms with Crippen LogP contribution >= 0.6 is 0 Å². The van der Waals surface area contributed by atoms with Gasteiger partial charge in [-0.25, -0.2) is 0 Å². The molecule has 0 bridgehead atoms. The zero-order valence-corrected chi connectivity index (χ0v) is 17.1. The summed E-state index contributed by atoms with van der Waals surface area (Å²) in [6.45, 7) is 0.967. The summed E-state index contributed by atoms with van der Waals surface area (Å²) >= 11 is 0. The molecule has 0 saturated carbocycles. The largest absolute Gasteiger partial charge is 0.497 e. The number of aliphatic carboxylic acids is 1. The van der Waals surface area contributed by atoms with E-state index >= 15 is 0 Å². The summed E-state index contributed by atoms with van der Waals surface area (Å²) in [5.74, 6) is -0.207. The van der Waals surface area contributed by atoms with Crippen LogP contribution in [0, 0.1) is 0 Å². The molecule has 2 aromatic rings. The average Bonchev–Trinajstić information content (AvgIpc) is 3.06. The van der Waals surface area contributed by atoms with Crippen LogP contribution in [0.5, 0.6) is 23.0 Å². The van der Waals surface area contributed by atoms with Gasteiger partial charge in [-0.05, 0) is 43.3 Å². The number of methoxy groups -OCH3 is 2. The molecule has 1 aliphatic heterocycles. The van der Waals surface area contributed by atoms with E-state index in [9.17, 15) is 14.4 Å². The lowest BCUT2D eigenvalue weighted by atomic mass is 10.1. The van der Waals surface area contributed by atoms with Crippen LogP contribution in [0.15, 0.2) is 42.2 Å². The van der Waals surface area contributed by atoms with Crippen molar-refractivity contribution in [3.63, 3.8) is 0 Å². The summed E-state index contributed by atoms with van der Waals surface area (Å²) in [5.41, 5.74) is 0.961. The number of carbonyl (C=O) groups is 3. The Morgan fingerprint density at radius 3 is 2.55 bits per heavy atom. The number of hydrogen-bond donors (Lipinski definition) is 2. The molecule has 9 nitrogen and oxygen atoms in total. The summed E-state index contributed by atoms with van der Waals surface area (Å²) < 4.78 is 21.6. The second-order valence-electron chi connectivity index (χ2n) is 6.62. The molecular formula is C22H21NO8. The van der Waals surface area contributed by atoms with E-state index < -0.39 is 17.9 Å². The van der Waals surface area contributed by atoms with Crippen molar-refractivity contribution in [3.8, 4) is 23.0 Å². The monoisotopic (exact) mass is 427 g/mol. The zero-order chi connectivity index (χ0) is 22.5. The minimum atomic E-state index is -1.15. The Morgan fingerprint density at radius 2 is 1.87 bits per heavy atom. The quantitative estimate of drug-likeness (QED) is 0.616. The zero-order valence-electron chi connectivity index (χ0n) is 17.1. The molecule has 31 heavy (non-hydrogen) atoms. The van der Waals surface area contributed by atoms with E-state index in [1.54, 1.807) is 24.3 Å². The maximum atomic E-state index is 12.7. The number of Topliss-reactive ketones (excluding diaryl/α,β-unsaturated/α-hetero) is 1. The van der Waals surface area contributed by atoms with Crippen molar-refractivity contribution < 1.29 is 38.4 Å². The third-order valence-corrected chi connectivity index (χ3v) is 4.48. The first-order chi connectivity index (χ1) is 14.8. The molecule has 2 aromatic carbocycles. The van der Waals surface area contributed by atoms with Gasteiger partial charge in [0.25, 0.3) is 5.91 Å². The van der Waals surface area contributed by atoms with Crippen molar-refractivity contribution in [1.29, 1.82) is 0 Å². The maximum Gasteiger partial charge on any atom is 0.325 e. The fourth-order valence-electron chi connectivity index (χ4n) is 2.84. The van der Waals surface area contributed by atoms with Crippen LogP contribution in [0.1, 0.15) is 22.8 Å². The number of carboxylic acid groups (broad SMARTS) is 1. The van der Waals surface area contributed by atoms with Crippen LogP contribution in [-0.4, -0.2) is 49.6 Å². The first kappa shape index (κ1) is 21.7. The highest BCUT2D eigenvalue weighted by molar-refractivity contribution is 6.14. The minimum Gasteiger partial charge on any atom is -0.497 e. The molecule has 1 amide bonds. The van der Waals surface area contributed by atoms with E-state index in [1.807, 2.05) is 0 Å². The number of carboxylic acids is 1. The van der Waals surface area contributed by atoms with Gasteiger partial charge in [0.15, 0.2) is 12.4 Å². The van der Waals surface area contributed by atoms with Crippen LogP contribution in [0.4, 0.5) is 0 Å². The van der Waals surface area contributed by atoms with E-state index in [0.717, 1.165) is 0 Å². The number of allylic oxidation sites excluding steroid dienone is 1. The maximum absolute atomic E-state index is 12.7. The molecule has 0 fully saturated rings. The molecule has 0 aromatic heterocycles. The third-order valence-electron chi connectivity index (χ3n) is 4.48. The first-order valence-corrected chi connectivity index (χ1v) is 9.27. The van der Waals surface area contributed by atoms with Gasteiger partial charge in [-0.2, -0.15) is 0 Å². The van der Waals surface area contributed by atoms with Gasteiger partial charge in [0.05, 0.1) is 19.8 Å². The number of benzene rings is 2. The van der Waals surface area contributed by atoms with Crippen LogP contribution < -0.4 is 24.3 Å². The molecule has 0 aliphatic carbocycles. The van der Waals surface area contributed by atoms with Crippen LogP contribution in [0.2, 0.25) is 0 Å². The lowest BCUT2D eigenvalue weighted by Crippen LogP contribution is -2.40. The van der Waals surface area contributed by atoms with Crippen molar-refractivity contribution in [2.24, 2.45) is 0 Å². The molecule has 0 radical (unpaired) electrons. The number of hydrogen-bond acceptors (Lipinski definition) is 7. The highest BCUT2D eigenvalue weighted by Crippen LogP contribution is 2.36. The molecule has 2 N–H and O–H groups in total. The minimum absolute atomic E-state index is 0.103.